The second kappa shape index (κ2) is 8.69. The van der Waals surface area contributed by atoms with Gasteiger partial charge in [0, 0.05) is 51.4 Å². The molecule has 2 saturated heterocycles. The summed E-state index contributed by atoms with van der Waals surface area (Å²) in [5, 5.41) is 0. The summed E-state index contributed by atoms with van der Waals surface area (Å²) in [4.78, 5) is 23.7. The Labute approximate surface area is 165 Å². The van der Waals surface area contributed by atoms with E-state index in [2.05, 4.69) is 14.8 Å². The predicted octanol–water partition coefficient (Wildman–Crippen LogP) is 3.10. The highest BCUT2D eigenvalue weighted by Gasteiger charge is 2.27. The lowest BCUT2D eigenvalue weighted by molar-refractivity contribution is -0.131. The van der Waals surface area contributed by atoms with Crippen LogP contribution in [0.4, 0.5) is 10.2 Å². The molecule has 1 aromatic carbocycles. The van der Waals surface area contributed by atoms with E-state index >= 15 is 0 Å². The molecule has 1 atom stereocenters. The lowest BCUT2D eigenvalue weighted by Gasteiger charge is -2.36. The molecular weight excluding hydrogens is 355 g/mol. The van der Waals surface area contributed by atoms with E-state index in [1.807, 2.05) is 35.2 Å². The number of piperazine rings is 1. The van der Waals surface area contributed by atoms with E-state index in [9.17, 15) is 9.18 Å². The average molecular weight is 382 g/mol. The highest BCUT2D eigenvalue weighted by atomic mass is 19.1. The fourth-order valence-corrected chi connectivity index (χ4v) is 4.28. The topological polar surface area (TPSA) is 39.7 Å². The van der Waals surface area contributed by atoms with E-state index in [4.69, 9.17) is 0 Å². The molecular formula is C22H27FN4O. The standard InChI is InChI=1S/C22H27FN4O/c23-19-8-6-18(7-9-19)20-4-3-12-25(20)13-10-22(28)27-16-14-26(15-17-27)21-5-1-2-11-24-21/h1-2,5-9,11,20H,3-4,10,12-17H2. The Kier molecular flexibility index (Phi) is 5.86. The number of hydrogen-bond acceptors (Lipinski definition) is 4. The monoisotopic (exact) mass is 382 g/mol. The summed E-state index contributed by atoms with van der Waals surface area (Å²) in [6.07, 6.45) is 4.54. The predicted molar refractivity (Wildman–Crippen MR) is 108 cm³/mol. The molecule has 0 N–H and O–H groups in total. The van der Waals surface area contributed by atoms with E-state index < -0.39 is 0 Å². The Balaban J connectivity index is 1.27. The highest BCUT2D eigenvalue weighted by Crippen LogP contribution is 2.32. The number of benzene rings is 1. The Hall–Kier alpha value is -2.47. The van der Waals surface area contributed by atoms with Crippen molar-refractivity contribution >= 4 is 11.7 Å². The number of rotatable bonds is 5. The first-order valence-corrected chi connectivity index (χ1v) is 10.1. The molecule has 0 aliphatic carbocycles. The molecule has 2 aliphatic rings. The van der Waals surface area contributed by atoms with Gasteiger partial charge in [-0.2, -0.15) is 0 Å². The zero-order valence-corrected chi connectivity index (χ0v) is 16.1. The van der Waals surface area contributed by atoms with E-state index in [1.165, 1.54) is 12.1 Å². The van der Waals surface area contributed by atoms with E-state index in [1.54, 1.807) is 6.20 Å². The van der Waals surface area contributed by atoms with E-state index in [0.29, 0.717) is 12.5 Å². The van der Waals surface area contributed by atoms with Crippen molar-refractivity contribution in [2.24, 2.45) is 0 Å². The lowest BCUT2D eigenvalue weighted by Crippen LogP contribution is -2.49. The Bertz CT molecular complexity index is 775. The van der Waals surface area contributed by atoms with Crippen molar-refractivity contribution in [3.8, 4) is 0 Å². The lowest BCUT2D eigenvalue weighted by atomic mass is 10.0. The maximum atomic E-state index is 13.2. The molecule has 0 bridgehead atoms. The minimum Gasteiger partial charge on any atom is -0.353 e. The third-order valence-corrected chi connectivity index (χ3v) is 5.84. The summed E-state index contributed by atoms with van der Waals surface area (Å²) in [7, 11) is 0. The molecule has 2 aromatic rings. The largest absolute Gasteiger partial charge is 0.353 e. The number of likely N-dealkylation sites (tertiary alicyclic amines) is 1. The van der Waals surface area contributed by atoms with Gasteiger partial charge in [-0.25, -0.2) is 9.37 Å². The van der Waals surface area contributed by atoms with Gasteiger partial charge in [0.2, 0.25) is 5.91 Å². The van der Waals surface area contributed by atoms with Crippen molar-refractivity contribution in [3.05, 3.63) is 60.0 Å². The molecule has 1 unspecified atom stereocenters. The highest BCUT2D eigenvalue weighted by molar-refractivity contribution is 5.76. The summed E-state index contributed by atoms with van der Waals surface area (Å²) in [6, 6.07) is 13.0. The number of halogens is 1. The van der Waals surface area contributed by atoms with Gasteiger partial charge in [-0.1, -0.05) is 18.2 Å². The summed E-state index contributed by atoms with van der Waals surface area (Å²) >= 11 is 0. The third-order valence-electron chi connectivity index (χ3n) is 5.84. The first-order chi connectivity index (χ1) is 13.7. The van der Waals surface area contributed by atoms with Crippen molar-refractivity contribution in [2.75, 3.05) is 44.2 Å². The fraction of sp³-hybridized carbons (Fsp3) is 0.455. The van der Waals surface area contributed by atoms with Crippen molar-refractivity contribution in [1.29, 1.82) is 0 Å². The zero-order valence-electron chi connectivity index (χ0n) is 16.1. The fourth-order valence-electron chi connectivity index (χ4n) is 4.28. The van der Waals surface area contributed by atoms with Crippen LogP contribution in [0.2, 0.25) is 0 Å². The van der Waals surface area contributed by atoms with Crippen LogP contribution in [0.5, 0.6) is 0 Å². The van der Waals surface area contributed by atoms with Crippen LogP contribution in [0.1, 0.15) is 30.9 Å². The summed E-state index contributed by atoms with van der Waals surface area (Å²) in [6.45, 7) is 4.91. The summed E-state index contributed by atoms with van der Waals surface area (Å²) in [5.41, 5.74) is 1.15. The van der Waals surface area contributed by atoms with Crippen LogP contribution in [-0.4, -0.2) is 60.0 Å². The first-order valence-electron chi connectivity index (χ1n) is 10.1. The van der Waals surface area contributed by atoms with Gasteiger partial charge in [0.15, 0.2) is 0 Å². The molecule has 28 heavy (non-hydrogen) atoms. The minimum absolute atomic E-state index is 0.201. The Morgan fingerprint density at radius 3 is 2.54 bits per heavy atom. The van der Waals surface area contributed by atoms with Crippen molar-refractivity contribution in [3.63, 3.8) is 0 Å². The number of hydrogen-bond donors (Lipinski definition) is 0. The second-order valence-electron chi connectivity index (χ2n) is 7.55. The van der Waals surface area contributed by atoms with Crippen molar-refractivity contribution < 1.29 is 9.18 Å². The van der Waals surface area contributed by atoms with Gasteiger partial charge in [-0.15, -0.1) is 0 Å². The molecule has 2 aliphatic heterocycles. The van der Waals surface area contributed by atoms with Crippen LogP contribution in [0.25, 0.3) is 0 Å². The first kappa shape index (κ1) is 18.9. The number of carbonyl (C=O) groups is 1. The molecule has 1 aromatic heterocycles. The zero-order chi connectivity index (χ0) is 19.3. The van der Waals surface area contributed by atoms with Gasteiger partial charge in [0.1, 0.15) is 11.6 Å². The normalized spacial score (nSPS) is 20.5. The summed E-state index contributed by atoms with van der Waals surface area (Å²) < 4.78 is 13.2. The number of pyridine rings is 1. The third kappa shape index (κ3) is 4.33. The van der Waals surface area contributed by atoms with E-state index in [0.717, 1.165) is 63.5 Å². The van der Waals surface area contributed by atoms with Gasteiger partial charge in [-0.05, 0) is 49.2 Å². The Morgan fingerprint density at radius 2 is 1.82 bits per heavy atom. The molecule has 0 radical (unpaired) electrons. The molecule has 4 rings (SSSR count). The molecule has 1 amide bonds. The Morgan fingerprint density at radius 1 is 1.04 bits per heavy atom. The SMILES string of the molecule is O=C(CCN1CCCC1c1ccc(F)cc1)N1CCN(c2ccccn2)CC1. The number of nitrogens with zero attached hydrogens (tertiary/aromatic N) is 4. The number of amides is 1. The molecule has 3 heterocycles. The maximum Gasteiger partial charge on any atom is 0.223 e. The van der Waals surface area contributed by atoms with Crippen LogP contribution in [0.3, 0.4) is 0 Å². The number of anilines is 1. The van der Waals surface area contributed by atoms with Gasteiger partial charge < -0.3 is 9.80 Å². The number of aromatic nitrogens is 1. The van der Waals surface area contributed by atoms with Crippen molar-refractivity contribution in [2.45, 2.75) is 25.3 Å². The average Bonchev–Trinajstić information content (AvgIpc) is 3.22. The smallest absolute Gasteiger partial charge is 0.223 e. The molecule has 0 saturated carbocycles. The van der Waals surface area contributed by atoms with Crippen LogP contribution in [0, 0.1) is 5.82 Å². The van der Waals surface area contributed by atoms with Gasteiger partial charge in [0.05, 0.1) is 0 Å². The van der Waals surface area contributed by atoms with Crippen LogP contribution in [0.15, 0.2) is 48.7 Å². The van der Waals surface area contributed by atoms with Crippen LogP contribution >= 0.6 is 0 Å². The minimum atomic E-state index is -0.201. The molecule has 0 spiro atoms. The molecule has 148 valence electrons. The van der Waals surface area contributed by atoms with Gasteiger partial charge in [-0.3, -0.25) is 9.69 Å². The second-order valence-corrected chi connectivity index (χ2v) is 7.55. The van der Waals surface area contributed by atoms with Gasteiger partial charge in [0.25, 0.3) is 0 Å². The summed E-state index contributed by atoms with van der Waals surface area (Å²) in [5.74, 6) is 1.01. The van der Waals surface area contributed by atoms with Crippen LogP contribution < -0.4 is 4.90 Å². The molecule has 5 nitrogen and oxygen atoms in total. The van der Waals surface area contributed by atoms with E-state index in [-0.39, 0.29) is 11.7 Å². The maximum absolute atomic E-state index is 13.2. The van der Waals surface area contributed by atoms with Crippen LogP contribution in [-0.2, 0) is 4.79 Å². The van der Waals surface area contributed by atoms with Crippen molar-refractivity contribution in [1.82, 2.24) is 14.8 Å². The van der Waals surface area contributed by atoms with Gasteiger partial charge >= 0.3 is 0 Å². The quantitative estimate of drug-likeness (QED) is 0.797. The molecule has 6 heteroatoms. The number of carbonyl (C=O) groups excluding carboxylic acids is 1. The molecule has 2 fully saturated rings.